The standard InChI is InChI=1S/C16H18FNO2S/c1-12-11-21-9-7-18(12)16(20)15-6-5-14(17)10-13(15)4-2-3-8-19/h5-6,10,12,19H,3,7-9,11H2,1H3. The van der Waals surface area contributed by atoms with Crippen molar-refractivity contribution in [1.29, 1.82) is 0 Å². The Bertz CT molecular complexity index is 579. The number of hydrogen-bond acceptors (Lipinski definition) is 3. The summed E-state index contributed by atoms with van der Waals surface area (Å²) in [6.45, 7) is 2.67. The number of aliphatic hydroxyl groups excluding tert-OH is 1. The van der Waals surface area contributed by atoms with Gasteiger partial charge in [0.05, 0.1) is 12.2 Å². The van der Waals surface area contributed by atoms with Crippen LogP contribution >= 0.6 is 11.8 Å². The van der Waals surface area contributed by atoms with E-state index in [2.05, 4.69) is 11.8 Å². The van der Waals surface area contributed by atoms with E-state index in [4.69, 9.17) is 5.11 Å². The zero-order valence-electron chi connectivity index (χ0n) is 11.9. The van der Waals surface area contributed by atoms with Gasteiger partial charge in [-0.3, -0.25) is 4.79 Å². The van der Waals surface area contributed by atoms with E-state index in [9.17, 15) is 9.18 Å². The summed E-state index contributed by atoms with van der Waals surface area (Å²) in [6.07, 6.45) is 0.306. The van der Waals surface area contributed by atoms with Crippen LogP contribution in [0.5, 0.6) is 0 Å². The maximum atomic E-state index is 13.4. The highest BCUT2D eigenvalue weighted by Crippen LogP contribution is 2.20. The number of carbonyl (C=O) groups is 1. The first-order valence-electron chi connectivity index (χ1n) is 6.91. The topological polar surface area (TPSA) is 40.5 Å². The SMILES string of the molecule is CC1CSCCN1C(=O)c1ccc(F)cc1C#CCCO. The summed E-state index contributed by atoms with van der Waals surface area (Å²) in [7, 11) is 0. The summed E-state index contributed by atoms with van der Waals surface area (Å²) >= 11 is 1.83. The molecule has 1 fully saturated rings. The Hall–Kier alpha value is -1.51. The number of carbonyl (C=O) groups excluding carboxylic acids is 1. The number of hydrogen-bond donors (Lipinski definition) is 1. The van der Waals surface area contributed by atoms with Crippen LogP contribution in [0, 0.1) is 17.7 Å². The molecule has 0 bridgehead atoms. The molecule has 0 aromatic heterocycles. The van der Waals surface area contributed by atoms with Gasteiger partial charge in [-0.25, -0.2) is 4.39 Å². The zero-order valence-corrected chi connectivity index (χ0v) is 12.8. The van der Waals surface area contributed by atoms with Crippen LogP contribution in [0.2, 0.25) is 0 Å². The number of aliphatic hydroxyl groups is 1. The van der Waals surface area contributed by atoms with Crippen LogP contribution in [0.3, 0.4) is 0 Å². The van der Waals surface area contributed by atoms with Gasteiger partial charge in [0.15, 0.2) is 0 Å². The molecule has 0 radical (unpaired) electrons. The van der Waals surface area contributed by atoms with E-state index < -0.39 is 5.82 Å². The summed E-state index contributed by atoms with van der Waals surface area (Å²) < 4.78 is 13.4. The van der Waals surface area contributed by atoms with Gasteiger partial charge in [0.2, 0.25) is 0 Å². The molecule has 1 saturated heterocycles. The molecular formula is C16H18FNO2S. The predicted molar refractivity (Wildman–Crippen MR) is 82.8 cm³/mol. The van der Waals surface area contributed by atoms with Crippen molar-refractivity contribution >= 4 is 17.7 Å². The second-order valence-electron chi connectivity index (χ2n) is 4.89. The van der Waals surface area contributed by atoms with Crippen LogP contribution in [0.4, 0.5) is 4.39 Å². The molecule has 5 heteroatoms. The fourth-order valence-electron chi connectivity index (χ4n) is 2.20. The Morgan fingerprint density at radius 1 is 1.57 bits per heavy atom. The van der Waals surface area contributed by atoms with E-state index in [0.29, 0.717) is 24.1 Å². The molecule has 1 aliphatic rings. The summed E-state index contributed by atoms with van der Waals surface area (Å²) in [6, 6.07) is 4.23. The van der Waals surface area contributed by atoms with Crippen LogP contribution in [0.1, 0.15) is 29.3 Å². The van der Waals surface area contributed by atoms with Crippen LogP contribution in [-0.4, -0.2) is 46.6 Å². The van der Waals surface area contributed by atoms with E-state index in [1.165, 1.54) is 18.2 Å². The fraction of sp³-hybridized carbons (Fsp3) is 0.438. The van der Waals surface area contributed by atoms with Crippen molar-refractivity contribution in [2.75, 3.05) is 24.7 Å². The van der Waals surface area contributed by atoms with Gasteiger partial charge in [0.25, 0.3) is 5.91 Å². The minimum Gasteiger partial charge on any atom is -0.395 e. The Kier molecular flexibility index (Phi) is 5.66. The lowest BCUT2D eigenvalue weighted by Gasteiger charge is -2.33. The maximum absolute atomic E-state index is 13.4. The van der Waals surface area contributed by atoms with Crippen LogP contribution in [-0.2, 0) is 0 Å². The smallest absolute Gasteiger partial charge is 0.255 e. The molecule has 112 valence electrons. The van der Waals surface area contributed by atoms with E-state index in [1.807, 2.05) is 23.6 Å². The lowest BCUT2D eigenvalue weighted by atomic mass is 10.1. The van der Waals surface area contributed by atoms with Crippen molar-refractivity contribution in [3.8, 4) is 11.8 Å². The van der Waals surface area contributed by atoms with E-state index in [1.54, 1.807) is 0 Å². The number of thioether (sulfide) groups is 1. The van der Waals surface area contributed by atoms with E-state index >= 15 is 0 Å². The second kappa shape index (κ2) is 7.48. The summed E-state index contributed by atoms with van der Waals surface area (Å²) in [4.78, 5) is 14.5. The van der Waals surface area contributed by atoms with Gasteiger partial charge in [0, 0.05) is 36.1 Å². The zero-order chi connectivity index (χ0) is 15.2. The third-order valence-corrected chi connectivity index (χ3v) is 4.49. The first kappa shape index (κ1) is 15.9. The molecule has 1 unspecified atom stereocenters. The largest absolute Gasteiger partial charge is 0.395 e. The third kappa shape index (κ3) is 3.99. The van der Waals surface area contributed by atoms with E-state index in [0.717, 1.165) is 11.5 Å². The van der Waals surface area contributed by atoms with Gasteiger partial charge >= 0.3 is 0 Å². The molecule has 2 rings (SSSR count). The highest BCUT2D eigenvalue weighted by molar-refractivity contribution is 7.99. The number of rotatable bonds is 2. The third-order valence-electron chi connectivity index (χ3n) is 3.30. The molecule has 1 atom stereocenters. The lowest BCUT2D eigenvalue weighted by Crippen LogP contribution is -2.44. The predicted octanol–water partition coefficient (Wildman–Crippen LogP) is 2.14. The van der Waals surface area contributed by atoms with Gasteiger partial charge in [0.1, 0.15) is 5.82 Å². The molecule has 1 aromatic carbocycles. The highest BCUT2D eigenvalue weighted by Gasteiger charge is 2.25. The quantitative estimate of drug-likeness (QED) is 0.851. The minimum atomic E-state index is -0.415. The molecule has 1 amide bonds. The van der Waals surface area contributed by atoms with Crippen molar-refractivity contribution < 1.29 is 14.3 Å². The normalized spacial score (nSPS) is 18.0. The van der Waals surface area contributed by atoms with Crippen LogP contribution in [0.25, 0.3) is 0 Å². The summed E-state index contributed by atoms with van der Waals surface area (Å²) in [5.74, 6) is 6.85. The fourth-order valence-corrected chi connectivity index (χ4v) is 3.22. The average Bonchev–Trinajstić information content (AvgIpc) is 2.47. The summed E-state index contributed by atoms with van der Waals surface area (Å²) in [5.41, 5.74) is 0.819. The van der Waals surface area contributed by atoms with Gasteiger partial charge in [-0.1, -0.05) is 11.8 Å². The van der Waals surface area contributed by atoms with Crippen molar-refractivity contribution in [2.45, 2.75) is 19.4 Å². The highest BCUT2D eigenvalue weighted by atomic mass is 32.2. The van der Waals surface area contributed by atoms with Gasteiger partial charge in [-0.15, -0.1) is 0 Å². The molecule has 3 nitrogen and oxygen atoms in total. The van der Waals surface area contributed by atoms with Gasteiger partial charge in [-0.05, 0) is 25.1 Å². The number of benzene rings is 1. The minimum absolute atomic E-state index is 0.0496. The first-order chi connectivity index (χ1) is 10.1. The van der Waals surface area contributed by atoms with Crippen molar-refractivity contribution in [3.63, 3.8) is 0 Å². The first-order valence-corrected chi connectivity index (χ1v) is 8.07. The molecule has 1 heterocycles. The Labute approximate surface area is 128 Å². The van der Waals surface area contributed by atoms with Crippen LogP contribution < -0.4 is 0 Å². The molecule has 0 saturated carbocycles. The second-order valence-corrected chi connectivity index (χ2v) is 6.04. The van der Waals surface area contributed by atoms with Crippen molar-refractivity contribution in [1.82, 2.24) is 4.90 Å². The average molecular weight is 307 g/mol. The molecule has 1 aromatic rings. The number of amides is 1. The maximum Gasteiger partial charge on any atom is 0.255 e. The van der Waals surface area contributed by atoms with Crippen molar-refractivity contribution in [3.05, 3.63) is 35.1 Å². The molecule has 1 N–H and O–H groups in total. The Balaban J connectivity index is 2.30. The summed E-state index contributed by atoms with van der Waals surface area (Å²) in [5, 5.41) is 8.76. The molecule has 1 aliphatic heterocycles. The Morgan fingerprint density at radius 2 is 2.38 bits per heavy atom. The molecule has 21 heavy (non-hydrogen) atoms. The van der Waals surface area contributed by atoms with Crippen LogP contribution in [0.15, 0.2) is 18.2 Å². The van der Waals surface area contributed by atoms with Crippen molar-refractivity contribution in [2.24, 2.45) is 0 Å². The molecular weight excluding hydrogens is 289 g/mol. The van der Waals surface area contributed by atoms with E-state index in [-0.39, 0.29) is 18.6 Å². The Morgan fingerprint density at radius 3 is 3.10 bits per heavy atom. The molecule has 0 aliphatic carbocycles. The van der Waals surface area contributed by atoms with Gasteiger partial charge in [-0.2, -0.15) is 11.8 Å². The number of nitrogens with zero attached hydrogens (tertiary/aromatic N) is 1. The lowest BCUT2D eigenvalue weighted by molar-refractivity contribution is 0.0715. The monoisotopic (exact) mass is 307 g/mol. The molecule has 0 spiro atoms. The van der Waals surface area contributed by atoms with Gasteiger partial charge < -0.3 is 10.0 Å². The number of halogens is 1.